The van der Waals surface area contributed by atoms with Gasteiger partial charge in [0.05, 0.1) is 5.69 Å². The zero-order chi connectivity index (χ0) is 13.7. The molecule has 0 aliphatic carbocycles. The van der Waals surface area contributed by atoms with Gasteiger partial charge in [0.15, 0.2) is 5.65 Å². The zero-order valence-electron chi connectivity index (χ0n) is 10.0. The number of hydrogen-bond acceptors (Lipinski definition) is 2. The van der Waals surface area contributed by atoms with Crippen LogP contribution < -0.4 is 0 Å². The lowest BCUT2D eigenvalue weighted by atomic mass is 10.1. The number of alkyl halides is 3. The summed E-state index contributed by atoms with van der Waals surface area (Å²) in [6, 6.07) is 0.959. The van der Waals surface area contributed by atoms with Gasteiger partial charge in [-0.15, -0.1) is 0 Å². The molecule has 98 valence electrons. The topological polar surface area (TPSA) is 30.2 Å². The number of halogens is 4. The predicted molar refractivity (Wildman–Crippen MR) is 61.8 cm³/mol. The van der Waals surface area contributed by atoms with E-state index in [1.54, 1.807) is 0 Å². The lowest BCUT2D eigenvalue weighted by Gasteiger charge is -2.09. The van der Waals surface area contributed by atoms with Crippen molar-refractivity contribution in [3.8, 4) is 0 Å². The summed E-state index contributed by atoms with van der Waals surface area (Å²) in [4.78, 5) is 4.02. The molecule has 0 aliphatic rings. The second-order valence-corrected chi connectivity index (χ2v) is 4.75. The van der Waals surface area contributed by atoms with Crippen LogP contribution >= 0.6 is 11.6 Å². The van der Waals surface area contributed by atoms with Crippen molar-refractivity contribution < 1.29 is 13.2 Å². The van der Waals surface area contributed by atoms with E-state index in [1.165, 1.54) is 6.92 Å². The van der Waals surface area contributed by atoms with Crippen LogP contribution in [0.3, 0.4) is 0 Å². The summed E-state index contributed by atoms with van der Waals surface area (Å²) in [5.74, 6) is -0.0689. The zero-order valence-corrected chi connectivity index (χ0v) is 10.8. The van der Waals surface area contributed by atoms with Crippen LogP contribution in [-0.2, 0) is 6.18 Å². The monoisotopic (exact) mass is 277 g/mol. The van der Waals surface area contributed by atoms with E-state index in [0.29, 0.717) is 5.69 Å². The first-order valence-corrected chi connectivity index (χ1v) is 5.72. The Balaban J connectivity index is 2.85. The van der Waals surface area contributed by atoms with Crippen LogP contribution in [0.4, 0.5) is 13.2 Å². The van der Waals surface area contributed by atoms with Gasteiger partial charge in [0.25, 0.3) is 0 Å². The summed E-state index contributed by atoms with van der Waals surface area (Å²) >= 11 is 6.03. The van der Waals surface area contributed by atoms with Crippen molar-refractivity contribution in [1.29, 1.82) is 0 Å². The maximum atomic E-state index is 12.9. The first-order valence-electron chi connectivity index (χ1n) is 5.34. The molecule has 2 aromatic heterocycles. The van der Waals surface area contributed by atoms with Gasteiger partial charge in [-0.25, -0.2) is 9.50 Å². The quantitative estimate of drug-likeness (QED) is 0.793. The number of rotatable bonds is 1. The molecule has 0 saturated heterocycles. The fraction of sp³-hybridized carbons (Fsp3) is 0.455. The van der Waals surface area contributed by atoms with E-state index < -0.39 is 11.9 Å². The van der Waals surface area contributed by atoms with Gasteiger partial charge in [0, 0.05) is 5.69 Å². The molecular formula is C11H11ClF3N3. The molecule has 2 aromatic rings. The van der Waals surface area contributed by atoms with Crippen molar-refractivity contribution in [3.05, 3.63) is 28.2 Å². The predicted octanol–water partition coefficient (Wildman–Crippen LogP) is 3.83. The molecule has 0 saturated carbocycles. The fourth-order valence-electron chi connectivity index (χ4n) is 1.70. The molecule has 0 aliphatic heterocycles. The highest BCUT2D eigenvalue weighted by Gasteiger charge is 2.35. The highest BCUT2D eigenvalue weighted by atomic mass is 35.5. The fourth-order valence-corrected chi connectivity index (χ4v) is 2.08. The van der Waals surface area contributed by atoms with Crippen molar-refractivity contribution in [3.63, 3.8) is 0 Å². The Kier molecular flexibility index (Phi) is 3.01. The normalized spacial score (nSPS) is 12.7. The number of nitrogens with zero attached hydrogens (tertiary/aromatic N) is 3. The Morgan fingerprint density at radius 3 is 2.44 bits per heavy atom. The summed E-state index contributed by atoms with van der Waals surface area (Å²) in [5.41, 5.74) is -0.140. The summed E-state index contributed by atoms with van der Waals surface area (Å²) < 4.78 is 39.5. The first-order chi connectivity index (χ1) is 8.21. The number of hydrogen-bond donors (Lipinski definition) is 0. The molecule has 2 heterocycles. The van der Waals surface area contributed by atoms with E-state index in [0.717, 1.165) is 10.6 Å². The molecule has 0 unspecified atom stereocenters. The van der Waals surface area contributed by atoms with E-state index in [4.69, 9.17) is 11.6 Å². The summed E-state index contributed by atoms with van der Waals surface area (Å²) in [6.07, 6.45) is -4.49. The maximum Gasteiger partial charge on any atom is 0.433 e. The molecule has 0 radical (unpaired) electrons. The third-order valence-electron chi connectivity index (χ3n) is 2.52. The lowest BCUT2D eigenvalue weighted by molar-refractivity contribution is -0.142. The molecule has 0 spiro atoms. The molecule has 2 rings (SSSR count). The van der Waals surface area contributed by atoms with Crippen LogP contribution in [0.5, 0.6) is 0 Å². The van der Waals surface area contributed by atoms with Crippen LogP contribution in [0.1, 0.15) is 36.8 Å². The van der Waals surface area contributed by atoms with Crippen molar-refractivity contribution in [2.24, 2.45) is 0 Å². The van der Waals surface area contributed by atoms with Gasteiger partial charge in [-0.2, -0.15) is 18.3 Å². The Morgan fingerprint density at radius 2 is 1.94 bits per heavy atom. The van der Waals surface area contributed by atoms with E-state index in [2.05, 4.69) is 10.1 Å². The highest BCUT2D eigenvalue weighted by molar-refractivity contribution is 6.34. The maximum absolute atomic E-state index is 12.9. The Morgan fingerprint density at radius 1 is 1.33 bits per heavy atom. The van der Waals surface area contributed by atoms with E-state index in [9.17, 15) is 13.2 Å². The molecule has 0 fully saturated rings. The molecule has 0 N–H and O–H groups in total. The molecule has 18 heavy (non-hydrogen) atoms. The molecule has 0 atom stereocenters. The standard InChI is InChI=1S/C11H11ClF3N3/c1-5(2)9-8(12)10-16-6(3)4-7(11(13,14)15)18(10)17-9/h4-5H,1-3H3. The van der Waals surface area contributed by atoms with Crippen molar-refractivity contribution in [2.45, 2.75) is 32.9 Å². The lowest BCUT2D eigenvalue weighted by Crippen LogP contribution is -2.14. The number of aromatic nitrogens is 3. The smallest absolute Gasteiger partial charge is 0.232 e. The van der Waals surface area contributed by atoms with Crippen molar-refractivity contribution in [2.75, 3.05) is 0 Å². The van der Waals surface area contributed by atoms with Crippen LogP contribution in [0, 0.1) is 6.92 Å². The summed E-state index contributed by atoms with van der Waals surface area (Å²) in [5, 5.41) is 4.10. The molecule has 0 bridgehead atoms. The van der Waals surface area contributed by atoms with Crippen molar-refractivity contribution >= 4 is 17.2 Å². The SMILES string of the molecule is Cc1cc(C(F)(F)F)n2nc(C(C)C)c(Cl)c2n1. The van der Waals surface area contributed by atoms with Gasteiger partial charge in [0.2, 0.25) is 0 Å². The van der Waals surface area contributed by atoms with Crippen molar-refractivity contribution in [1.82, 2.24) is 14.6 Å². The Hall–Kier alpha value is -1.30. The molecule has 7 heteroatoms. The minimum atomic E-state index is -4.49. The van der Waals surface area contributed by atoms with Crippen LogP contribution in [0.2, 0.25) is 5.02 Å². The van der Waals surface area contributed by atoms with Gasteiger partial charge in [0.1, 0.15) is 10.7 Å². The number of fused-ring (bicyclic) bond motifs is 1. The molecule has 0 aromatic carbocycles. The first kappa shape index (κ1) is 13.1. The molecule has 0 amide bonds. The van der Waals surface area contributed by atoms with E-state index in [1.807, 2.05) is 13.8 Å². The van der Waals surface area contributed by atoms with Crippen LogP contribution in [0.15, 0.2) is 6.07 Å². The van der Waals surface area contributed by atoms with Gasteiger partial charge < -0.3 is 0 Å². The minimum absolute atomic E-state index is 0.0488. The third-order valence-corrected chi connectivity index (χ3v) is 2.89. The molecule has 3 nitrogen and oxygen atoms in total. The number of aryl methyl sites for hydroxylation is 1. The Labute approximate surface area is 107 Å². The second kappa shape index (κ2) is 4.12. The minimum Gasteiger partial charge on any atom is -0.232 e. The highest BCUT2D eigenvalue weighted by Crippen LogP contribution is 2.33. The van der Waals surface area contributed by atoms with Crippen LogP contribution in [0.25, 0.3) is 5.65 Å². The van der Waals surface area contributed by atoms with Crippen LogP contribution in [-0.4, -0.2) is 14.6 Å². The van der Waals surface area contributed by atoms with Gasteiger partial charge in [-0.3, -0.25) is 0 Å². The Bertz CT molecular complexity index is 602. The molecular weight excluding hydrogens is 267 g/mol. The van der Waals surface area contributed by atoms with Gasteiger partial charge >= 0.3 is 6.18 Å². The van der Waals surface area contributed by atoms with Gasteiger partial charge in [-0.05, 0) is 18.9 Å². The second-order valence-electron chi connectivity index (χ2n) is 4.37. The third kappa shape index (κ3) is 2.05. The largest absolute Gasteiger partial charge is 0.433 e. The van der Waals surface area contributed by atoms with E-state index >= 15 is 0 Å². The summed E-state index contributed by atoms with van der Waals surface area (Å²) in [6.45, 7) is 5.12. The summed E-state index contributed by atoms with van der Waals surface area (Å²) in [7, 11) is 0. The van der Waals surface area contributed by atoms with E-state index in [-0.39, 0.29) is 22.3 Å². The average molecular weight is 278 g/mol. The van der Waals surface area contributed by atoms with Gasteiger partial charge in [-0.1, -0.05) is 25.4 Å². The average Bonchev–Trinajstić information content (AvgIpc) is 2.54.